The summed E-state index contributed by atoms with van der Waals surface area (Å²) in [5.74, 6) is -0.450. The number of carbonyl (C=O) groups excluding carboxylic acids is 3. The summed E-state index contributed by atoms with van der Waals surface area (Å²) < 4.78 is 10.7. The lowest BCUT2D eigenvalue weighted by atomic mass is 10.1. The van der Waals surface area contributed by atoms with Crippen molar-refractivity contribution in [2.45, 2.75) is 32.7 Å². The Morgan fingerprint density at radius 1 is 0.923 bits per heavy atom. The first-order chi connectivity index (χ1) is 18.7. The Labute approximate surface area is 232 Å². The van der Waals surface area contributed by atoms with E-state index < -0.39 is 0 Å². The molecule has 1 heterocycles. The van der Waals surface area contributed by atoms with Gasteiger partial charge in [-0.15, -0.1) is 0 Å². The number of amides is 2. The van der Waals surface area contributed by atoms with Crippen LogP contribution in [0.3, 0.4) is 0 Å². The van der Waals surface area contributed by atoms with Crippen LogP contribution in [0.25, 0.3) is 0 Å². The summed E-state index contributed by atoms with van der Waals surface area (Å²) in [4.78, 5) is 46.7. The van der Waals surface area contributed by atoms with Crippen LogP contribution >= 0.6 is 0 Å². The monoisotopic (exact) mass is 538 g/mol. The lowest BCUT2D eigenvalue weighted by Gasteiger charge is -2.30. The summed E-state index contributed by atoms with van der Waals surface area (Å²) in [6.07, 6.45) is 2.08. The van der Waals surface area contributed by atoms with Crippen molar-refractivity contribution in [3.63, 3.8) is 0 Å². The zero-order chi connectivity index (χ0) is 28.4. The maximum atomic E-state index is 13.5. The molecular weight excluding hydrogens is 496 g/mol. The van der Waals surface area contributed by atoms with E-state index in [2.05, 4.69) is 6.92 Å². The fourth-order valence-electron chi connectivity index (χ4n) is 4.30. The molecule has 1 saturated heterocycles. The molecule has 1 aliphatic heterocycles. The Balaban J connectivity index is 1.89. The third-order valence-electron chi connectivity index (χ3n) is 6.64. The molecule has 2 amide bonds. The van der Waals surface area contributed by atoms with Gasteiger partial charge in [0, 0.05) is 45.7 Å². The second kappa shape index (κ2) is 14.6. The van der Waals surface area contributed by atoms with Gasteiger partial charge < -0.3 is 29.1 Å². The molecule has 39 heavy (non-hydrogen) atoms. The number of morpholine rings is 1. The lowest BCUT2D eigenvalue weighted by molar-refractivity contribution is -0.118. The van der Waals surface area contributed by atoms with E-state index in [4.69, 9.17) is 9.47 Å². The van der Waals surface area contributed by atoms with E-state index in [1.54, 1.807) is 21.9 Å². The first-order valence-electron chi connectivity index (χ1n) is 13.6. The molecule has 0 atom stereocenters. The average molecular weight is 539 g/mol. The number of hydrogen-bond acceptors (Lipinski definition) is 7. The van der Waals surface area contributed by atoms with Crippen molar-refractivity contribution in [3.05, 3.63) is 59.2 Å². The second-order valence-corrected chi connectivity index (χ2v) is 10.2. The number of benzene rings is 2. The van der Waals surface area contributed by atoms with Crippen molar-refractivity contribution in [2.75, 3.05) is 77.4 Å². The van der Waals surface area contributed by atoms with Crippen LogP contribution in [0.2, 0.25) is 0 Å². The number of unbranched alkanes of at least 4 members (excludes halogenated alkanes) is 1. The van der Waals surface area contributed by atoms with Crippen molar-refractivity contribution < 1.29 is 23.9 Å². The highest BCUT2D eigenvalue weighted by atomic mass is 16.5. The highest BCUT2D eigenvalue weighted by molar-refractivity contribution is 6.01. The van der Waals surface area contributed by atoms with E-state index >= 15 is 0 Å². The highest BCUT2D eigenvalue weighted by Crippen LogP contribution is 2.32. The van der Waals surface area contributed by atoms with Crippen LogP contribution < -0.4 is 9.80 Å². The van der Waals surface area contributed by atoms with Crippen molar-refractivity contribution in [2.24, 2.45) is 0 Å². The summed E-state index contributed by atoms with van der Waals surface area (Å²) in [7, 11) is 7.69. The van der Waals surface area contributed by atoms with E-state index in [0.29, 0.717) is 69.2 Å². The molecule has 9 heteroatoms. The minimum absolute atomic E-state index is 0.0110. The number of anilines is 2. The normalized spacial score (nSPS) is 13.3. The fourth-order valence-corrected chi connectivity index (χ4v) is 4.30. The zero-order valence-electron chi connectivity index (χ0n) is 23.9. The van der Waals surface area contributed by atoms with Crippen molar-refractivity contribution in [3.8, 4) is 0 Å². The van der Waals surface area contributed by atoms with E-state index in [1.165, 1.54) is 0 Å². The topological polar surface area (TPSA) is 82.6 Å². The maximum Gasteiger partial charge on any atom is 0.338 e. The summed E-state index contributed by atoms with van der Waals surface area (Å²) in [6.45, 7) is 5.49. The smallest absolute Gasteiger partial charge is 0.338 e. The van der Waals surface area contributed by atoms with Gasteiger partial charge >= 0.3 is 5.97 Å². The predicted octanol–water partition coefficient (Wildman–Crippen LogP) is 3.67. The minimum Gasteiger partial charge on any atom is -0.461 e. The lowest BCUT2D eigenvalue weighted by Crippen LogP contribution is -2.40. The molecule has 2 aromatic rings. The van der Waals surface area contributed by atoms with Gasteiger partial charge in [-0.2, -0.15) is 0 Å². The van der Waals surface area contributed by atoms with Gasteiger partial charge in [0.1, 0.15) is 6.61 Å². The van der Waals surface area contributed by atoms with Crippen LogP contribution in [0.15, 0.2) is 42.5 Å². The quantitative estimate of drug-likeness (QED) is 0.382. The highest BCUT2D eigenvalue weighted by Gasteiger charge is 2.24. The molecule has 1 fully saturated rings. The Kier molecular flexibility index (Phi) is 11.3. The van der Waals surface area contributed by atoms with Gasteiger partial charge in [-0.1, -0.05) is 25.5 Å². The van der Waals surface area contributed by atoms with Crippen molar-refractivity contribution in [1.29, 1.82) is 0 Å². The molecule has 212 valence electrons. The van der Waals surface area contributed by atoms with Crippen LogP contribution in [-0.4, -0.2) is 95.2 Å². The van der Waals surface area contributed by atoms with Gasteiger partial charge in [-0.3, -0.25) is 9.59 Å². The molecule has 0 bridgehead atoms. The summed E-state index contributed by atoms with van der Waals surface area (Å²) in [5, 5.41) is 0. The van der Waals surface area contributed by atoms with Crippen LogP contribution in [-0.2, 0) is 20.8 Å². The van der Waals surface area contributed by atoms with Crippen LogP contribution in [0.1, 0.15) is 52.5 Å². The molecule has 0 aromatic heterocycles. The Morgan fingerprint density at radius 2 is 1.59 bits per heavy atom. The van der Waals surface area contributed by atoms with Gasteiger partial charge in [-0.05, 0) is 56.4 Å². The molecule has 3 rings (SSSR count). The minimum atomic E-state index is -0.372. The molecule has 0 aliphatic carbocycles. The summed E-state index contributed by atoms with van der Waals surface area (Å²) in [5.41, 5.74) is 3.42. The number of carbonyl (C=O) groups is 3. The molecule has 0 unspecified atom stereocenters. The van der Waals surface area contributed by atoms with E-state index in [9.17, 15) is 14.4 Å². The Bertz CT molecular complexity index is 1110. The van der Waals surface area contributed by atoms with Crippen LogP contribution in [0.5, 0.6) is 0 Å². The fraction of sp³-hybridized carbons (Fsp3) is 0.500. The van der Waals surface area contributed by atoms with E-state index in [-0.39, 0.29) is 17.8 Å². The second-order valence-electron chi connectivity index (χ2n) is 10.2. The van der Waals surface area contributed by atoms with Gasteiger partial charge in [-0.25, -0.2) is 4.79 Å². The van der Waals surface area contributed by atoms with Gasteiger partial charge in [0.05, 0.1) is 36.7 Å². The SMILES string of the molecule is CCCCC(=O)N(Cc1ccc(C(=O)OCCN(C)C)cc1)c1cc(C(=O)N2CCOCC2)ccc1N(C)C. The van der Waals surface area contributed by atoms with E-state index in [0.717, 1.165) is 24.1 Å². The third kappa shape index (κ3) is 8.53. The molecule has 0 radical (unpaired) electrons. The first-order valence-corrected chi connectivity index (χ1v) is 13.6. The number of ether oxygens (including phenoxy) is 2. The molecule has 1 aliphatic rings. The molecule has 2 aromatic carbocycles. The average Bonchev–Trinajstić information content (AvgIpc) is 2.94. The molecular formula is C30H42N4O5. The van der Waals surface area contributed by atoms with E-state index in [1.807, 2.05) is 68.3 Å². The van der Waals surface area contributed by atoms with Crippen LogP contribution in [0, 0.1) is 0 Å². The zero-order valence-corrected chi connectivity index (χ0v) is 23.9. The number of rotatable bonds is 12. The van der Waals surface area contributed by atoms with Gasteiger partial charge in [0.15, 0.2) is 0 Å². The molecule has 0 N–H and O–H groups in total. The van der Waals surface area contributed by atoms with Gasteiger partial charge in [0.25, 0.3) is 5.91 Å². The standard InChI is InChI=1S/C30H42N4O5/c1-6-7-8-28(35)34(22-23-9-11-24(12-10-23)30(37)39-20-15-31(2)3)27-21-25(13-14-26(27)32(4)5)29(36)33-16-18-38-19-17-33/h9-14,21H,6-8,15-20,22H2,1-5H3. The summed E-state index contributed by atoms with van der Waals surface area (Å²) >= 11 is 0. The maximum absolute atomic E-state index is 13.5. The number of likely N-dealkylation sites (N-methyl/N-ethyl adjacent to an activating group) is 1. The Hall–Kier alpha value is -3.43. The molecule has 0 saturated carbocycles. The Morgan fingerprint density at radius 3 is 2.21 bits per heavy atom. The predicted molar refractivity (Wildman–Crippen MR) is 153 cm³/mol. The third-order valence-corrected chi connectivity index (χ3v) is 6.64. The van der Waals surface area contributed by atoms with Gasteiger partial charge in [0.2, 0.25) is 5.91 Å². The number of hydrogen-bond donors (Lipinski definition) is 0. The number of esters is 1. The first kappa shape index (κ1) is 30.1. The summed E-state index contributed by atoms with van der Waals surface area (Å²) in [6, 6.07) is 12.7. The van der Waals surface area contributed by atoms with Crippen LogP contribution in [0.4, 0.5) is 11.4 Å². The number of nitrogens with zero attached hydrogens (tertiary/aromatic N) is 4. The van der Waals surface area contributed by atoms with Crippen molar-refractivity contribution >= 4 is 29.2 Å². The van der Waals surface area contributed by atoms with Crippen molar-refractivity contribution in [1.82, 2.24) is 9.80 Å². The molecule has 0 spiro atoms. The molecule has 9 nitrogen and oxygen atoms in total. The largest absolute Gasteiger partial charge is 0.461 e.